The average Bonchev–Trinajstić information content (AvgIpc) is 3.08. The number of nitrogens with one attached hydrogen (secondary N) is 1. The van der Waals surface area contributed by atoms with E-state index in [4.69, 9.17) is 0 Å². The SMILES string of the molecule is CCc1csc2c(F)ccc(C(O)c3ncc[nH]3)c12. The lowest BCUT2D eigenvalue weighted by Gasteiger charge is -2.11. The van der Waals surface area contributed by atoms with Gasteiger partial charge >= 0.3 is 0 Å². The Balaban J connectivity index is 2.23. The number of imidazole rings is 1. The van der Waals surface area contributed by atoms with Crippen LogP contribution in [0.2, 0.25) is 0 Å². The molecule has 3 rings (SSSR count). The third kappa shape index (κ3) is 1.95. The zero-order valence-electron chi connectivity index (χ0n) is 10.4. The first-order valence-corrected chi connectivity index (χ1v) is 6.96. The van der Waals surface area contributed by atoms with Gasteiger partial charge in [-0.3, -0.25) is 0 Å². The Bertz CT molecular complexity index is 706. The zero-order valence-corrected chi connectivity index (χ0v) is 11.2. The van der Waals surface area contributed by atoms with E-state index >= 15 is 0 Å². The number of aliphatic hydroxyl groups is 1. The summed E-state index contributed by atoms with van der Waals surface area (Å²) in [6, 6.07) is 3.04. The highest BCUT2D eigenvalue weighted by molar-refractivity contribution is 7.17. The lowest BCUT2D eigenvalue weighted by molar-refractivity contribution is 0.212. The van der Waals surface area contributed by atoms with Crippen molar-refractivity contribution < 1.29 is 9.50 Å². The Kier molecular flexibility index (Phi) is 3.08. The summed E-state index contributed by atoms with van der Waals surface area (Å²) in [6.45, 7) is 2.02. The molecule has 1 aromatic carbocycles. The fraction of sp³-hybridized carbons (Fsp3) is 0.214. The van der Waals surface area contributed by atoms with Gasteiger partial charge in [-0.15, -0.1) is 11.3 Å². The monoisotopic (exact) mass is 276 g/mol. The van der Waals surface area contributed by atoms with Crippen molar-refractivity contribution >= 4 is 21.4 Å². The van der Waals surface area contributed by atoms with Gasteiger partial charge in [0.2, 0.25) is 0 Å². The van der Waals surface area contributed by atoms with Crippen LogP contribution in [0.1, 0.15) is 30.0 Å². The van der Waals surface area contributed by atoms with Gasteiger partial charge in [-0.1, -0.05) is 13.0 Å². The quantitative estimate of drug-likeness (QED) is 0.770. The summed E-state index contributed by atoms with van der Waals surface area (Å²) < 4.78 is 14.4. The third-order valence-corrected chi connectivity index (χ3v) is 4.27. The normalized spacial score (nSPS) is 13.0. The van der Waals surface area contributed by atoms with E-state index in [-0.39, 0.29) is 5.82 Å². The van der Waals surface area contributed by atoms with E-state index in [0.717, 1.165) is 17.4 Å². The van der Waals surface area contributed by atoms with Gasteiger partial charge in [0.1, 0.15) is 17.7 Å². The fourth-order valence-corrected chi connectivity index (χ4v) is 3.36. The molecule has 3 aromatic rings. The largest absolute Gasteiger partial charge is 0.380 e. The number of thiophene rings is 1. The smallest absolute Gasteiger partial charge is 0.141 e. The van der Waals surface area contributed by atoms with E-state index in [1.54, 1.807) is 18.5 Å². The molecule has 98 valence electrons. The summed E-state index contributed by atoms with van der Waals surface area (Å²) in [5, 5.41) is 13.2. The molecule has 0 aliphatic heterocycles. The summed E-state index contributed by atoms with van der Waals surface area (Å²) >= 11 is 1.38. The number of aromatic amines is 1. The molecule has 0 aliphatic carbocycles. The number of rotatable bonds is 3. The van der Waals surface area contributed by atoms with E-state index in [1.807, 2.05) is 12.3 Å². The van der Waals surface area contributed by atoms with E-state index in [2.05, 4.69) is 9.97 Å². The number of hydrogen-bond donors (Lipinski definition) is 2. The lowest BCUT2D eigenvalue weighted by atomic mass is 10.00. The molecule has 0 amide bonds. The first-order valence-electron chi connectivity index (χ1n) is 6.08. The summed E-state index contributed by atoms with van der Waals surface area (Å²) in [4.78, 5) is 6.96. The van der Waals surface area contributed by atoms with Gasteiger partial charge in [-0.2, -0.15) is 0 Å². The highest BCUT2D eigenvalue weighted by Crippen LogP contribution is 2.35. The number of H-pyrrole nitrogens is 1. The van der Waals surface area contributed by atoms with Crippen LogP contribution in [0.5, 0.6) is 0 Å². The predicted octanol–water partition coefficient (Wildman–Crippen LogP) is 3.41. The van der Waals surface area contributed by atoms with Gasteiger partial charge in [0.15, 0.2) is 0 Å². The summed E-state index contributed by atoms with van der Waals surface area (Å²) in [5.41, 5.74) is 1.75. The van der Waals surface area contributed by atoms with Gasteiger partial charge in [0.05, 0.1) is 4.70 Å². The molecule has 2 aromatic heterocycles. The Morgan fingerprint density at radius 3 is 3.00 bits per heavy atom. The Labute approximate surface area is 113 Å². The van der Waals surface area contributed by atoms with Crippen LogP contribution in [0, 0.1) is 5.82 Å². The lowest BCUT2D eigenvalue weighted by Crippen LogP contribution is -2.03. The van der Waals surface area contributed by atoms with Crippen LogP contribution in [0.15, 0.2) is 29.9 Å². The van der Waals surface area contributed by atoms with Crippen LogP contribution in [0.25, 0.3) is 10.1 Å². The van der Waals surface area contributed by atoms with Crippen molar-refractivity contribution in [1.29, 1.82) is 0 Å². The second-order valence-corrected chi connectivity index (χ2v) is 5.21. The molecule has 3 nitrogen and oxygen atoms in total. The van der Waals surface area contributed by atoms with Crippen molar-refractivity contribution in [3.63, 3.8) is 0 Å². The second kappa shape index (κ2) is 4.75. The minimum absolute atomic E-state index is 0.241. The Morgan fingerprint density at radius 1 is 1.47 bits per heavy atom. The molecule has 1 unspecified atom stereocenters. The fourth-order valence-electron chi connectivity index (χ4n) is 2.27. The molecule has 0 fully saturated rings. The molecule has 0 saturated heterocycles. The number of benzene rings is 1. The van der Waals surface area contributed by atoms with E-state index in [1.165, 1.54) is 17.4 Å². The topological polar surface area (TPSA) is 48.9 Å². The molecule has 5 heteroatoms. The number of nitrogens with zero attached hydrogens (tertiary/aromatic N) is 1. The van der Waals surface area contributed by atoms with Gasteiger partial charge in [0.25, 0.3) is 0 Å². The van der Waals surface area contributed by atoms with Crippen molar-refractivity contribution in [2.45, 2.75) is 19.4 Å². The molecule has 2 N–H and O–H groups in total. The summed E-state index contributed by atoms with van der Waals surface area (Å²) in [7, 11) is 0. The molecule has 0 radical (unpaired) electrons. The minimum atomic E-state index is -0.863. The van der Waals surface area contributed by atoms with Crippen molar-refractivity contribution in [2.75, 3.05) is 0 Å². The standard InChI is InChI=1S/C14H13FN2OS/c1-2-8-7-19-13-10(15)4-3-9(11(8)13)12(18)14-16-5-6-17-14/h3-7,12,18H,2H2,1H3,(H,16,17). The molecule has 19 heavy (non-hydrogen) atoms. The molecule has 1 atom stereocenters. The van der Waals surface area contributed by atoms with E-state index < -0.39 is 6.10 Å². The molecule has 0 spiro atoms. The predicted molar refractivity (Wildman–Crippen MR) is 73.8 cm³/mol. The molecule has 2 heterocycles. The van der Waals surface area contributed by atoms with Crippen LogP contribution in [-0.2, 0) is 6.42 Å². The third-order valence-electron chi connectivity index (χ3n) is 3.24. The van der Waals surface area contributed by atoms with Gasteiger partial charge in [0, 0.05) is 17.8 Å². The van der Waals surface area contributed by atoms with Crippen molar-refractivity contribution in [1.82, 2.24) is 9.97 Å². The number of aromatic nitrogens is 2. The maximum atomic E-state index is 13.8. The van der Waals surface area contributed by atoms with Crippen LogP contribution in [0.4, 0.5) is 4.39 Å². The minimum Gasteiger partial charge on any atom is -0.380 e. The van der Waals surface area contributed by atoms with Crippen LogP contribution < -0.4 is 0 Å². The summed E-state index contributed by atoms with van der Waals surface area (Å²) in [5.74, 6) is 0.233. The van der Waals surface area contributed by atoms with E-state index in [0.29, 0.717) is 16.1 Å². The maximum absolute atomic E-state index is 13.8. The molecule has 0 saturated carbocycles. The molecule has 0 aliphatic rings. The number of fused-ring (bicyclic) bond motifs is 1. The Morgan fingerprint density at radius 2 is 2.32 bits per heavy atom. The Hall–Kier alpha value is -1.72. The van der Waals surface area contributed by atoms with Crippen LogP contribution in [-0.4, -0.2) is 15.1 Å². The molecular formula is C14H13FN2OS. The number of halogens is 1. The van der Waals surface area contributed by atoms with Crippen molar-refractivity contribution in [2.24, 2.45) is 0 Å². The first kappa shape index (κ1) is 12.3. The van der Waals surface area contributed by atoms with Gasteiger partial charge in [-0.05, 0) is 29.0 Å². The molecule has 0 bridgehead atoms. The average molecular weight is 276 g/mol. The zero-order chi connectivity index (χ0) is 13.4. The second-order valence-electron chi connectivity index (χ2n) is 4.33. The van der Waals surface area contributed by atoms with Crippen molar-refractivity contribution in [3.8, 4) is 0 Å². The highest BCUT2D eigenvalue weighted by atomic mass is 32.1. The number of aryl methyl sites for hydroxylation is 1. The van der Waals surface area contributed by atoms with Crippen molar-refractivity contribution in [3.05, 3.63) is 52.7 Å². The highest BCUT2D eigenvalue weighted by Gasteiger charge is 2.20. The van der Waals surface area contributed by atoms with Crippen LogP contribution in [0.3, 0.4) is 0 Å². The first-order chi connectivity index (χ1) is 9.22. The van der Waals surface area contributed by atoms with E-state index in [9.17, 15) is 9.50 Å². The van der Waals surface area contributed by atoms with Gasteiger partial charge in [-0.25, -0.2) is 9.37 Å². The van der Waals surface area contributed by atoms with Gasteiger partial charge < -0.3 is 10.1 Å². The number of hydrogen-bond acceptors (Lipinski definition) is 3. The molecular weight excluding hydrogens is 263 g/mol. The van der Waals surface area contributed by atoms with Crippen LogP contribution >= 0.6 is 11.3 Å². The summed E-state index contributed by atoms with van der Waals surface area (Å²) in [6.07, 6.45) is 3.20. The number of aliphatic hydroxyl groups excluding tert-OH is 1. The maximum Gasteiger partial charge on any atom is 0.141 e.